The van der Waals surface area contributed by atoms with Gasteiger partial charge in [0.15, 0.2) is 0 Å². The second kappa shape index (κ2) is 3.02. The number of carbonyl (C=O) groups excluding carboxylic acids is 1. The predicted molar refractivity (Wildman–Crippen MR) is 44.0 cm³/mol. The quantitative estimate of drug-likeness (QED) is 0.787. The Labute approximate surface area is 78.1 Å². The van der Waals surface area contributed by atoms with Crippen LogP contribution in [0.4, 0.5) is 0 Å². The zero-order valence-electron chi connectivity index (χ0n) is 4.56. The first-order valence-corrected chi connectivity index (χ1v) is 4.73. The van der Waals surface area contributed by atoms with Gasteiger partial charge in [0.1, 0.15) is 0 Å². The van der Waals surface area contributed by atoms with E-state index in [2.05, 4.69) is 31.9 Å². The Morgan fingerprint density at radius 3 is 2.40 bits per heavy atom. The fourth-order valence-corrected chi connectivity index (χ4v) is 2.31. The molecule has 0 atom stereocenters. The summed E-state index contributed by atoms with van der Waals surface area (Å²) in [5, 5.41) is 11.8. The van der Waals surface area contributed by atoms with Gasteiger partial charge < -0.3 is 9.90 Å². The van der Waals surface area contributed by atoms with E-state index in [1.807, 2.05) is 0 Å². The van der Waals surface area contributed by atoms with Crippen LogP contribution in [0, 0.1) is 0 Å². The smallest absolute Gasteiger partial charge is 0.0847 e. The average Bonchev–Trinajstić information content (AvgIpc) is 2.14. The summed E-state index contributed by atoms with van der Waals surface area (Å²) in [5.41, 5.74) is 0.192. The molecule has 5 heteroatoms. The molecule has 0 saturated heterocycles. The molecule has 0 bridgehead atoms. The van der Waals surface area contributed by atoms with Gasteiger partial charge in [-0.1, -0.05) is 0 Å². The van der Waals surface area contributed by atoms with Crippen molar-refractivity contribution in [1.29, 1.82) is 0 Å². The third-order valence-electron chi connectivity index (χ3n) is 0.909. The van der Waals surface area contributed by atoms with E-state index in [0.29, 0.717) is 4.47 Å². The minimum absolute atomic E-state index is 0.192. The summed E-state index contributed by atoms with van der Waals surface area (Å²) in [5.74, 6) is -1.16. The van der Waals surface area contributed by atoms with Crippen LogP contribution >= 0.6 is 43.2 Å². The van der Waals surface area contributed by atoms with Gasteiger partial charge in [-0.3, -0.25) is 0 Å². The first-order valence-electron chi connectivity index (χ1n) is 2.26. The Morgan fingerprint density at radius 1 is 1.60 bits per heavy atom. The van der Waals surface area contributed by atoms with E-state index >= 15 is 0 Å². The maximum Gasteiger partial charge on any atom is 0.0847 e. The third kappa shape index (κ3) is 1.41. The van der Waals surface area contributed by atoms with E-state index in [9.17, 15) is 9.90 Å². The van der Waals surface area contributed by atoms with Crippen LogP contribution in [0.15, 0.2) is 13.6 Å². The van der Waals surface area contributed by atoms with E-state index in [0.717, 1.165) is 3.79 Å². The molecule has 0 radical (unpaired) electrons. The van der Waals surface area contributed by atoms with Gasteiger partial charge in [-0.05, 0) is 31.9 Å². The largest absolute Gasteiger partial charge is 0.545 e. The van der Waals surface area contributed by atoms with Gasteiger partial charge in [0, 0.05) is 10.9 Å². The summed E-state index contributed by atoms with van der Waals surface area (Å²) in [6, 6.07) is 0. The van der Waals surface area contributed by atoms with Crippen LogP contribution in [0.1, 0.15) is 10.4 Å². The highest BCUT2D eigenvalue weighted by atomic mass is 79.9. The molecular formula is C5HBr2O2S-. The Bertz CT molecular complexity index is 269. The number of carboxylic acids is 1. The van der Waals surface area contributed by atoms with Gasteiger partial charge in [-0.25, -0.2) is 0 Å². The summed E-state index contributed by atoms with van der Waals surface area (Å²) in [6.45, 7) is 0. The molecular weight excluding hydrogens is 284 g/mol. The SMILES string of the molecule is O=C([O-])c1csc(Br)c1Br. The van der Waals surface area contributed by atoms with E-state index in [1.54, 1.807) is 0 Å². The predicted octanol–water partition coefficient (Wildman–Crippen LogP) is 1.64. The van der Waals surface area contributed by atoms with Gasteiger partial charge in [0.05, 0.1) is 14.2 Å². The molecule has 1 rings (SSSR count). The number of rotatable bonds is 1. The maximum absolute atomic E-state index is 10.3. The lowest BCUT2D eigenvalue weighted by Gasteiger charge is -1.96. The molecule has 0 unspecified atom stereocenters. The molecule has 0 aliphatic carbocycles. The van der Waals surface area contributed by atoms with E-state index in [1.165, 1.54) is 16.7 Å². The first-order chi connectivity index (χ1) is 4.63. The second-order valence-corrected chi connectivity index (χ2v) is 4.52. The van der Waals surface area contributed by atoms with Crippen molar-refractivity contribution in [2.24, 2.45) is 0 Å². The number of halogens is 2. The summed E-state index contributed by atoms with van der Waals surface area (Å²) in [7, 11) is 0. The molecule has 0 aliphatic heterocycles. The molecule has 54 valence electrons. The standard InChI is InChI=1S/C5H2Br2O2S/c6-3-2(5(8)9)1-10-4(3)7/h1H,(H,8,9)/p-1. The zero-order valence-corrected chi connectivity index (χ0v) is 8.55. The van der Waals surface area contributed by atoms with Crippen LogP contribution in [0.5, 0.6) is 0 Å². The van der Waals surface area contributed by atoms with Crippen molar-refractivity contribution in [3.63, 3.8) is 0 Å². The minimum atomic E-state index is -1.16. The molecule has 0 fully saturated rings. The van der Waals surface area contributed by atoms with Crippen LogP contribution < -0.4 is 5.11 Å². The lowest BCUT2D eigenvalue weighted by Crippen LogP contribution is -2.21. The van der Waals surface area contributed by atoms with Gasteiger partial charge in [-0.2, -0.15) is 0 Å². The minimum Gasteiger partial charge on any atom is -0.545 e. The van der Waals surface area contributed by atoms with Gasteiger partial charge in [0.2, 0.25) is 0 Å². The fourth-order valence-electron chi connectivity index (χ4n) is 0.458. The fraction of sp³-hybridized carbons (Fsp3) is 0. The van der Waals surface area contributed by atoms with Crippen LogP contribution in [-0.2, 0) is 0 Å². The summed E-state index contributed by atoms with van der Waals surface area (Å²) in [6.07, 6.45) is 0. The summed E-state index contributed by atoms with van der Waals surface area (Å²) < 4.78 is 1.32. The number of carbonyl (C=O) groups is 1. The Balaban J connectivity index is 3.17. The normalized spacial score (nSPS) is 9.80. The van der Waals surface area contributed by atoms with Gasteiger partial charge in [0.25, 0.3) is 0 Å². The zero-order chi connectivity index (χ0) is 7.72. The molecule has 0 amide bonds. The number of hydrogen-bond donors (Lipinski definition) is 0. The molecule has 10 heavy (non-hydrogen) atoms. The highest BCUT2D eigenvalue weighted by molar-refractivity contribution is 9.13. The molecule has 0 saturated carbocycles. The molecule has 0 aliphatic rings. The summed E-state index contributed by atoms with van der Waals surface area (Å²) in [4.78, 5) is 10.3. The lowest BCUT2D eigenvalue weighted by atomic mass is 10.4. The summed E-state index contributed by atoms with van der Waals surface area (Å²) >= 11 is 7.57. The van der Waals surface area contributed by atoms with Crippen molar-refractivity contribution >= 4 is 49.2 Å². The van der Waals surface area contributed by atoms with Crippen LogP contribution in [0.3, 0.4) is 0 Å². The van der Waals surface area contributed by atoms with Crippen LogP contribution in [-0.4, -0.2) is 5.97 Å². The van der Waals surface area contributed by atoms with Gasteiger partial charge >= 0.3 is 0 Å². The second-order valence-electron chi connectivity index (χ2n) is 1.52. The molecule has 1 aromatic rings. The highest BCUT2D eigenvalue weighted by Crippen LogP contribution is 2.32. The van der Waals surface area contributed by atoms with Crippen molar-refractivity contribution in [3.05, 3.63) is 19.2 Å². The lowest BCUT2D eigenvalue weighted by molar-refractivity contribution is -0.255. The third-order valence-corrected chi connectivity index (χ3v) is 4.25. The maximum atomic E-state index is 10.3. The number of hydrogen-bond acceptors (Lipinski definition) is 3. The average molecular weight is 285 g/mol. The van der Waals surface area contributed by atoms with Crippen molar-refractivity contribution in [3.8, 4) is 0 Å². The molecule has 0 aromatic carbocycles. The topological polar surface area (TPSA) is 40.1 Å². The number of thiophene rings is 1. The molecule has 1 heterocycles. The van der Waals surface area contributed by atoms with Crippen LogP contribution in [0.2, 0.25) is 0 Å². The number of carboxylic acid groups (broad SMARTS) is 1. The van der Waals surface area contributed by atoms with Crippen molar-refractivity contribution in [2.45, 2.75) is 0 Å². The van der Waals surface area contributed by atoms with Crippen molar-refractivity contribution in [2.75, 3.05) is 0 Å². The molecule has 0 spiro atoms. The Morgan fingerprint density at radius 2 is 2.20 bits per heavy atom. The van der Waals surface area contributed by atoms with Gasteiger partial charge in [-0.15, -0.1) is 11.3 Å². The van der Waals surface area contributed by atoms with Crippen LogP contribution in [0.25, 0.3) is 0 Å². The molecule has 0 N–H and O–H groups in total. The van der Waals surface area contributed by atoms with Crippen molar-refractivity contribution < 1.29 is 9.90 Å². The Hall–Kier alpha value is 0.130. The first kappa shape index (κ1) is 8.23. The monoisotopic (exact) mass is 283 g/mol. The number of aromatic carboxylic acids is 1. The Kier molecular flexibility index (Phi) is 2.49. The molecule has 2 nitrogen and oxygen atoms in total. The highest BCUT2D eigenvalue weighted by Gasteiger charge is 2.05. The van der Waals surface area contributed by atoms with E-state index < -0.39 is 5.97 Å². The van der Waals surface area contributed by atoms with Crippen molar-refractivity contribution in [1.82, 2.24) is 0 Å². The molecule has 1 aromatic heterocycles. The van der Waals surface area contributed by atoms with E-state index in [-0.39, 0.29) is 5.56 Å². The van der Waals surface area contributed by atoms with E-state index in [4.69, 9.17) is 0 Å².